The van der Waals surface area contributed by atoms with Crippen LogP contribution in [0.3, 0.4) is 0 Å². The molecule has 4 aromatic rings. The Bertz CT molecular complexity index is 1020. The number of carbonyl (C=O) groups excluding carboxylic acids is 1. The summed E-state index contributed by atoms with van der Waals surface area (Å²) in [5, 5.41) is 6.21. The quantitative estimate of drug-likeness (QED) is 0.603. The van der Waals surface area contributed by atoms with Crippen molar-refractivity contribution in [3.05, 3.63) is 78.2 Å². The van der Waals surface area contributed by atoms with Gasteiger partial charge in [0.05, 0.1) is 0 Å². The summed E-state index contributed by atoms with van der Waals surface area (Å²) >= 11 is 0. The van der Waals surface area contributed by atoms with E-state index in [2.05, 4.69) is 27.4 Å². The third kappa shape index (κ3) is 2.74. The van der Waals surface area contributed by atoms with Crippen LogP contribution in [-0.2, 0) is 6.42 Å². The molecule has 2 aromatic carbocycles. The second-order valence-corrected chi connectivity index (χ2v) is 5.78. The number of amides is 1. The van der Waals surface area contributed by atoms with E-state index in [4.69, 9.17) is 0 Å². The molecule has 0 saturated carbocycles. The van der Waals surface area contributed by atoms with Gasteiger partial charge in [0.1, 0.15) is 5.69 Å². The van der Waals surface area contributed by atoms with Crippen LogP contribution in [0.4, 0.5) is 0 Å². The number of nitrogens with zero attached hydrogens (tertiary/aromatic N) is 1. The molecule has 0 bridgehead atoms. The first-order valence-electron chi connectivity index (χ1n) is 7.99. The Kier molecular flexibility index (Phi) is 3.71. The number of carbonyl (C=O) groups is 1. The first-order valence-corrected chi connectivity index (χ1v) is 7.99. The number of hydrogen-bond acceptors (Lipinski definition) is 2. The highest BCUT2D eigenvalue weighted by atomic mass is 16.1. The lowest BCUT2D eigenvalue weighted by Crippen LogP contribution is -2.26. The van der Waals surface area contributed by atoms with Crippen LogP contribution in [0.5, 0.6) is 0 Å². The van der Waals surface area contributed by atoms with E-state index in [0.29, 0.717) is 12.2 Å². The van der Waals surface area contributed by atoms with Gasteiger partial charge in [-0.15, -0.1) is 0 Å². The molecule has 0 saturated heterocycles. The van der Waals surface area contributed by atoms with Crippen LogP contribution in [0.25, 0.3) is 21.7 Å². The van der Waals surface area contributed by atoms with Gasteiger partial charge in [-0.3, -0.25) is 9.78 Å². The molecular weight excluding hydrogens is 298 g/mol. The van der Waals surface area contributed by atoms with Gasteiger partial charge in [0.25, 0.3) is 5.91 Å². The van der Waals surface area contributed by atoms with Crippen molar-refractivity contribution >= 4 is 27.6 Å². The average molecular weight is 315 g/mol. The van der Waals surface area contributed by atoms with E-state index >= 15 is 0 Å². The Hall–Kier alpha value is -3.14. The minimum absolute atomic E-state index is 0.138. The van der Waals surface area contributed by atoms with Gasteiger partial charge in [-0.05, 0) is 29.5 Å². The number of pyridine rings is 1. The Balaban J connectivity index is 1.44. The van der Waals surface area contributed by atoms with E-state index in [1.165, 1.54) is 10.9 Å². The third-order valence-corrected chi connectivity index (χ3v) is 4.22. The van der Waals surface area contributed by atoms with Crippen molar-refractivity contribution in [2.75, 3.05) is 6.54 Å². The maximum atomic E-state index is 12.3. The Labute approximate surface area is 139 Å². The predicted molar refractivity (Wildman–Crippen MR) is 96.1 cm³/mol. The summed E-state index contributed by atoms with van der Waals surface area (Å²) < 4.78 is 0. The van der Waals surface area contributed by atoms with Crippen LogP contribution in [0.15, 0.2) is 67.0 Å². The molecule has 2 aromatic heterocycles. The molecule has 0 unspecified atom stereocenters. The summed E-state index contributed by atoms with van der Waals surface area (Å²) in [5.74, 6) is -0.138. The molecule has 1 amide bonds. The van der Waals surface area contributed by atoms with Crippen molar-refractivity contribution in [2.45, 2.75) is 6.42 Å². The van der Waals surface area contributed by atoms with Gasteiger partial charge in [-0.1, -0.05) is 42.5 Å². The summed E-state index contributed by atoms with van der Waals surface area (Å²) in [4.78, 5) is 19.8. The second kappa shape index (κ2) is 6.16. The number of nitrogens with one attached hydrogen (secondary N) is 2. The number of para-hydroxylation sites is 1. The molecule has 118 valence electrons. The van der Waals surface area contributed by atoms with Gasteiger partial charge in [0.15, 0.2) is 0 Å². The zero-order valence-corrected chi connectivity index (χ0v) is 13.1. The number of aromatic amines is 1. The monoisotopic (exact) mass is 315 g/mol. The number of benzene rings is 2. The lowest BCUT2D eigenvalue weighted by Gasteiger charge is -2.05. The third-order valence-electron chi connectivity index (χ3n) is 4.22. The van der Waals surface area contributed by atoms with E-state index < -0.39 is 0 Å². The zero-order chi connectivity index (χ0) is 16.4. The van der Waals surface area contributed by atoms with Gasteiger partial charge < -0.3 is 10.3 Å². The van der Waals surface area contributed by atoms with Crippen molar-refractivity contribution in [3.63, 3.8) is 0 Å². The van der Waals surface area contributed by atoms with Crippen LogP contribution >= 0.6 is 0 Å². The fourth-order valence-electron chi connectivity index (χ4n) is 2.95. The number of rotatable bonds is 4. The summed E-state index contributed by atoms with van der Waals surface area (Å²) in [7, 11) is 0. The summed E-state index contributed by atoms with van der Waals surface area (Å²) in [6, 6.07) is 17.9. The Morgan fingerprint density at radius 1 is 1.04 bits per heavy atom. The second-order valence-electron chi connectivity index (χ2n) is 5.78. The molecule has 0 atom stereocenters. The van der Waals surface area contributed by atoms with Crippen molar-refractivity contribution < 1.29 is 4.79 Å². The summed E-state index contributed by atoms with van der Waals surface area (Å²) in [6.45, 7) is 0.579. The number of H-pyrrole nitrogens is 1. The lowest BCUT2D eigenvalue weighted by atomic mass is 10.1. The highest BCUT2D eigenvalue weighted by Gasteiger charge is 2.08. The standard InChI is InChI=1S/C20H17N3O/c24-20(19-11-14-5-1-2-6-15(14)12-23-19)21-10-9-16-13-22-18-8-4-3-7-17(16)18/h1-8,11-13,22H,9-10H2,(H,21,24). The molecule has 4 heteroatoms. The molecule has 0 spiro atoms. The van der Waals surface area contributed by atoms with Gasteiger partial charge in [-0.25, -0.2) is 0 Å². The van der Waals surface area contributed by atoms with Gasteiger partial charge in [-0.2, -0.15) is 0 Å². The molecule has 4 rings (SSSR count). The SMILES string of the molecule is O=C(NCCc1c[nH]c2ccccc12)c1cc2ccccc2cn1. The van der Waals surface area contributed by atoms with Gasteiger partial charge in [0.2, 0.25) is 0 Å². The van der Waals surface area contributed by atoms with E-state index in [0.717, 1.165) is 22.7 Å². The van der Waals surface area contributed by atoms with Crippen LogP contribution in [0, 0.1) is 0 Å². The molecule has 0 fully saturated rings. The largest absolute Gasteiger partial charge is 0.361 e. The van der Waals surface area contributed by atoms with Crippen LogP contribution < -0.4 is 5.32 Å². The van der Waals surface area contributed by atoms with Crippen molar-refractivity contribution in [1.82, 2.24) is 15.3 Å². The molecule has 4 nitrogen and oxygen atoms in total. The first kappa shape index (κ1) is 14.5. The molecular formula is C20H17N3O. The van der Waals surface area contributed by atoms with E-state index in [1.54, 1.807) is 6.20 Å². The van der Waals surface area contributed by atoms with Crippen LogP contribution in [-0.4, -0.2) is 22.4 Å². The van der Waals surface area contributed by atoms with Crippen LogP contribution in [0.1, 0.15) is 16.1 Å². The molecule has 0 aliphatic carbocycles. The smallest absolute Gasteiger partial charge is 0.269 e. The molecule has 24 heavy (non-hydrogen) atoms. The molecule has 2 heterocycles. The summed E-state index contributed by atoms with van der Waals surface area (Å²) in [5.41, 5.74) is 2.78. The molecule has 0 aliphatic rings. The maximum Gasteiger partial charge on any atom is 0.269 e. The molecule has 2 N–H and O–H groups in total. The van der Waals surface area contributed by atoms with E-state index in [1.807, 2.05) is 48.7 Å². The Morgan fingerprint density at radius 2 is 1.83 bits per heavy atom. The van der Waals surface area contributed by atoms with Crippen molar-refractivity contribution in [2.24, 2.45) is 0 Å². The van der Waals surface area contributed by atoms with Crippen molar-refractivity contribution in [3.8, 4) is 0 Å². The van der Waals surface area contributed by atoms with E-state index in [9.17, 15) is 4.79 Å². The first-order chi connectivity index (χ1) is 11.8. The van der Waals surface area contributed by atoms with E-state index in [-0.39, 0.29) is 5.91 Å². The highest BCUT2D eigenvalue weighted by Crippen LogP contribution is 2.18. The fraction of sp³-hybridized carbons (Fsp3) is 0.100. The van der Waals surface area contributed by atoms with Gasteiger partial charge in [0, 0.05) is 35.2 Å². The predicted octanol–water partition coefficient (Wildman–Crippen LogP) is 3.69. The molecule has 0 aliphatic heterocycles. The lowest BCUT2D eigenvalue weighted by molar-refractivity contribution is 0.0949. The summed E-state index contributed by atoms with van der Waals surface area (Å²) in [6.07, 6.45) is 4.53. The number of fused-ring (bicyclic) bond motifs is 2. The maximum absolute atomic E-state index is 12.3. The zero-order valence-electron chi connectivity index (χ0n) is 13.1. The highest BCUT2D eigenvalue weighted by molar-refractivity contribution is 5.96. The van der Waals surface area contributed by atoms with Crippen LogP contribution in [0.2, 0.25) is 0 Å². The molecule has 0 radical (unpaired) electrons. The minimum atomic E-state index is -0.138. The van der Waals surface area contributed by atoms with Crippen molar-refractivity contribution in [1.29, 1.82) is 0 Å². The minimum Gasteiger partial charge on any atom is -0.361 e. The number of hydrogen-bond donors (Lipinski definition) is 2. The normalized spacial score (nSPS) is 11.0. The Morgan fingerprint density at radius 3 is 2.75 bits per heavy atom. The fourth-order valence-corrected chi connectivity index (χ4v) is 2.95. The average Bonchev–Trinajstić information content (AvgIpc) is 3.04. The number of aromatic nitrogens is 2. The topological polar surface area (TPSA) is 57.8 Å². The van der Waals surface area contributed by atoms with Gasteiger partial charge >= 0.3 is 0 Å².